The highest BCUT2D eigenvalue weighted by Gasteiger charge is 2.41. The van der Waals surface area contributed by atoms with Crippen LogP contribution in [-0.4, -0.2) is 89.5 Å². The summed E-state index contributed by atoms with van der Waals surface area (Å²) in [5.41, 5.74) is 2.74. The van der Waals surface area contributed by atoms with Crippen molar-refractivity contribution >= 4 is 11.8 Å². The maximum absolute atomic E-state index is 13.1. The SMILES string of the molecule is C=CCN1CCN2CC(=O)N(Cc3cccc(C(=O)N(C)C)c3)CC2N1C(=C)NCc1ccccc1. The zero-order valence-electron chi connectivity index (χ0n) is 21.3. The van der Waals surface area contributed by atoms with Gasteiger partial charge in [-0.05, 0) is 23.3 Å². The van der Waals surface area contributed by atoms with Crippen molar-refractivity contribution in [2.75, 3.05) is 46.8 Å². The normalized spacial score (nSPS) is 18.5. The highest BCUT2D eigenvalue weighted by Crippen LogP contribution is 2.25. The van der Waals surface area contributed by atoms with Gasteiger partial charge in [0.05, 0.1) is 13.1 Å². The number of fused-ring (bicyclic) bond motifs is 1. The van der Waals surface area contributed by atoms with E-state index in [1.807, 2.05) is 53.4 Å². The van der Waals surface area contributed by atoms with Gasteiger partial charge in [0.2, 0.25) is 5.91 Å². The van der Waals surface area contributed by atoms with Gasteiger partial charge in [0, 0.05) is 52.4 Å². The monoisotopic (exact) mass is 488 g/mol. The summed E-state index contributed by atoms with van der Waals surface area (Å²) in [6.45, 7) is 12.6. The number of hydrogen-bond acceptors (Lipinski definition) is 6. The molecular weight excluding hydrogens is 452 g/mol. The van der Waals surface area contributed by atoms with Crippen molar-refractivity contribution in [1.82, 2.24) is 30.0 Å². The average Bonchev–Trinajstić information content (AvgIpc) is 2.88. The summed E-state index contributed by atoms with van der Waals surface area (Å²) in [7, 11) is 3.48. The minimum atomic E-state index is -0.0488. The van der Waals surface area contributed by atoms with Crippen LogP contribution < -0.4 is 5.32 Å². The first kappa shape index (κ1) is 25.5. The lowest BCUT2D eigenvalue weighted by molar-refractivity contribution is -0.171. The van der Waals surface area contributed by atoms with E-state index in [1.165, 1.54) is 5.56 Å². The van der Waals surface area contributed by atoms with E-state index in [0.29, 0.717) is 38.3 Å². The van der Waals surface area contributed by atoms with Crippen LogP contribution >= 0.6 is 0 Å². The molecule has 2 fully saturated rings. The molecule has 0 spiro atoms. The number of benzene rings is 2. The van der Waals surface area contributed by atoms with E-state index in [0.717, 1.165) is 24.5 Å². The molecule has 2 aromatic rings. The summed E-state index contributed by atoms with van der Waals surface area (Å²) in [5.74, 6) is 0.839. The number of nitrogens with zero attached hydrogens (tertiary/aromatic N) is 5. The molecule has 2 aromatic carbocycles. The molecule has 2 heterocycles. The molecule has 0 aromatic heterocycles. The molecule has 36 heavy (non-hydrogen) atoms. The first-order valence-electron chi connectivity index (χ1n) is 12.3. The summed E-state index contributed by atoms with van der Waals surface area (Å²) in [4.78, 5) is 31.2. The lowest BCUT2D eigenvalue weighted by atomic mass is 10.1. The van der Waals surface area contributed by atoms with Crippen LogP contribution in [0, 0.1) is 0 Å². The van der Waals surface area contributed by atoms with Gasteiger partial charge >= 0.3 is 0 Å². The van der Waals surface area contributed by atoms with Gasteiger partial charge in [-0.2, -0.15) is 0 Å². The molecule has 1 N–H and O–H groups in total. The van der Waals surface area contributed by atoms with Crippen LogP contribution in [0.2, 0.25) is 0 Å². The van der Waals surface area contributed by atoms with Gasteiger partial charge in [-0.3, -0.25) is 19.5 Å². The van der Waals surface area contributed by atoms with Crippen LogP contribution in [-0.2, 0) is 17.9 Å². The molecule has 2 aliphatic rings. The predicted molar refractivity (Wildman–Crippen MR) is 141 cm³/mol. The first-order chi connectivity index (χ1) is 17.4. The molecule has 1 unspecified atom stereocenters. The van der Waals surface area contributed by atoms with Gasteiger partial charge in [0.25, 0.3) is 5.91 Å². The van der Waals surface area contributed by atoms with E-state index >= 15 is 0 Å². The van der Waals surface area contributed by atoms with Crippen molar-refractivity contribution in [2.24, 2.45) is 0 Å². The molecule has 0 radical (unpaired) electrons. The van der Waals surface area contributed by atoms with Crippen molar-refractivity contribution < 1.29 is 9.59 Å². The van der Waals surface area contributed by atoms with Crippen LogP contribution in [0.25, 0.3) is 0 Å². The van der Waals surface area contributed by atoms with Gasteiger partial charge < -0.3 is 15.1 Å². The second-order valence-electron chi connectivity index (χ2n) is 9.46. The van der Waals surface area contributed by atoms with Gasteiger partial charge in [-0.15, -0.1) is 6.58 Å². The van der Waals surface area contributed by atoms with E-state index in [-0.39, 0.29) is 18.0 Å². The number of carbonyl (C=O) groups is 2. The minimum Gasteiger partial charge on any atom is -0.367 e. The maximum Gasteiger partial charge on any atom is 0.253 e. The van der Waals surface area contributed by atoms with Crippen LogP contribution in [0.15, 0.2) is 79.7 Å². The zero-order chi connectivity index (χ0) is 25.7. The number of nitrogens with one attached hydrogen (secondary N) is 1. The van der Waals surface area contributed by atoms with Crippen LogP contribution in [0.5, 0.6) is 0 Å². The molecule has 0 aliphatic carbocycles. The second-order valence-corrected chi connectivity index (χ2v) is 9.46. The Labute approximate surface area is 214 Å². The molecule has 2 aliphatic heterocycles. The predicted octanol–water partition coefficient (Wildman–Crippen LogP) is 2.34. The van der Waals surface area contributed by atoms with Gasteiger partial charge in [0.15, 0.2) is 0 Å². The molecule has 4 rings (SSSR count). The highest BCUT2D eigenvalue weighted by molar-refractivity contribution is 5.94. The Hall–Kier alpha value is -3.62. The fourth-order valence-corrected chi connectivity index (χ4v) is 4.79. The highest BCUT2D eigenvalue weighted by atomic mass is 16.2. The Balaban J connectivity index is 1.51. The average molecular weight is 489 g/mol. The van der Waals surface area contributed by atoms with Crippen molar-refractivity contribution in [3.63, 3.8) is 0 Å². The van der Waals surface area contributed by atoms with Crippen LogP contribution in [0.1, 0.15) is 21.5 Å². The smallest absolute Gasteiger partial charge is 0.253 e. The van der Waals surface area contributed by atoms with Gasteiger partial charge in [-0.1, -0.05) is 55.1 Å². The second kappa shape index (κ2) is 11.4. The molecule has 2 saturated heterocycles. The van der Waals surface area contributed by atoms with Crippen LogP contribution in [0.3, 0.4) is 0 Å². The van der Waals surface area contributed by atoms with Crippen molar-refractivity contribution in [2.45, 2.75) is 19.3 Å². The van der Waals surface area contributed by atoms with E-state index < -0.39 is 0 Å². The van der Waals surface area contributed by atoms with Crippen molar-refractivity contribution in [3.8, 4) is 0 Å². The first-order valence-corrected chi connectivity index (χ1v) is 12.3. The Bertz CT molecular complexity index is 1100. The standard InChI is InChI=1S/C28H36N6O2/c1-5-14-33-16-15-31-21-27(35)32(19-24-12-9-13-25(17-24)28(36)30(3)4)20-26(31)34(33)22(2)29-18-23-10-7-6-8-11-23/h5-13,17,26,29H,1-2,14-16,18-21H2,3-4H3. The third-order valence-corrected chi connectivity index (χ3v) is 6.64. The number of hydrogen-bond donors (Lipinski definition) is 1. The summed E-state index contributed by atoms with van der Waals surface area (Å²) < 4.78 is 0. The maximum atomic E-state index is 13.1. The number of amides is 2. The number of hydrazine groups is 1. The number of rotatable bonds is 9. The molecule has 190 valence electrons. The lowest BCUT2D eigenvalue weighted by Crippen LogP contribution is -2.70. The third-order valence-electron chi connectivity index (χ3n) is 6.64. The zero-order valence-corrected chi connectivity index (χ0v) is 21.3. The largest absolute Gasteiger partial charge is 0.367 e. The Kier molecular flexibility index (Phi) is 8.07. The molecule has 1 atom stereocenters. The molecule has 8 nitrogen and oxygen atoms in total. The Morgan fingerprint density at radius 2 is 1.86 bits per heavy atom. The van der Waals surface area contributed by atoms with E-state index in [9.17, 15) is 9.59 Å². The van der Waals surface area contributed by atoms with Gasteiger partial charge in [-0.25, -0.2) is 5.01 Å². The van der Waals surface area contributed by atoms with E-state index in [4.69, 9.17) is 0 Å². The summed E-state index contributed by atoms with van der Waals surface area (Å²) >= 11 is 0. The topological polar surface area (TPSA) is 62.4 Å². The fourth-order valence-electron chi connectivity index (χ4n) is 4.79. The quantitative estimate of drug-likeness (QED) is 0.547. The molecule has 8 heteroatoms. The lowest BCUT2D eigenvalue weighted by Gasteiger charge is -2.54. The minimum absolute atomic E-state index is 0.0428. The summed E-state index contributed by atoms with van der Waals surface area (Å²) in [6.07, 6.45) is 1.85. The molecule has 0 bridgehead atoms. The Morgan fingerprint density at radius 3 is 2.58 bits per heavy atom. The number of carbonyl (C=O) groups excluding carboxylic acids is 2. The summed E-state index contributed by atoms with van der Waals surface area (Å²) in [6, 6.07) is 17.8. The number of piperazine rings is 1. The van der Waals surface area contributed by atoms with Crippen molar-refractivity contribution in [3.05, 3.63) is 96.3 Å². The molecular formula is C28H36N6O2. The van der Waals surface area contributed by atoms with Crippen LogP contribution in [0.4, 0.5) is 0 Å². The van der Waals surface area contributed by atoms with E-state index in [2.05, 4.69) is 45.5 Å². The molecule has 0 saturated carbocycles. The van der Waals surface area contributed by atoms with Crippen molar-refractivity contribution in [1.29, 1.82) is 0 Å². The third kappa shape index (κ3) is 5.78. The van der Waals surface area contributed by atoms with E-state index in [1.54, 1.807) is 19.0 Å². The molecule has 2 amide bonds. The summed E-state index contributed by atoms with van der Waals surface area (Å²) in [5, 5.41) is 7.89. The Morgan fingerprint density at radius 1 is 1.11 bits per heavy atom. The fraction of sp³-hybridized carbons (Fsp3) is 0.357. The van der Waals surface area contributed by atoms with Gasteiger partial charge in [0.1, 0.15) is 12.0 Å².